The van der Waals surface area contributed by atoms with Gasteiger partial charge in [-0.3, -0.25) is 0 Å². The first kappa shape index (κ1) is 38.6. The number of ether oxygens (including phenoxy) is 6. The third-order valence-corrected chi connectivity index (χ3v) is 6.69. The summed E-state index contributed by atoms with van der Waals surface area (Å²) in [4.78, 5) is 48.6. The molecule has 0 aromatic heterocycles. The summed E-state index contributed by atoms with van der Waals surface area (Å²) in [5.74, 6) is -1.39. The van der Waals surface area contributed by atoms with E-state index in [0.717, 1.165) is 56.4 Å². The predicted octanol–water partition coefficient (Wildman–Crippen LogP) is 6.89. The van der Waals surface area contributed by atoms with E-state index in [-0.39, 0.29) is 37.6 Å². The number of esters is 4. The summed E-state index contributed by atoms with van der Waals surface area (Å²) in [5.41, 5.74) is 1.05. The van der Waals surface area contributed by atoms with Crippen LogP contribution in [0, 0.1) is 0 Å². The zero-order chi connectivity index (χ0) is 34.3. The molecule has 2 rings (SSSR count). The van der Waals surface area contributed by atoms with Crippen molar-refractivity contribution in [3.05, 3.63) is 70.8 Å². The van der Waals surface area contributed by atoms with Crippen LogP contribution in [0.1, 0.15) is 83.8 Å². The van der Waals surface area contributed by atoms with Crippen molar-refractivity contribution in [3.63, 3.8) is 0 Å². The minimum Gasteiger partial charge on any atom is -0.494 e. The zero-order valence-electron chi connectivity index (χ0n) is 28.0. The molecule has 10 nitrogen and oxygen atoms in total. The standard InChI is InChI=1S/C37H48O10/c1-5-42-34(38)32(35(39)43-6-2)26-28-16-20-30(21-17-28)46-24-14-12-10-9-11-13-15-25-47-31-22-18-29(19-23-31)27-33(36(40)44-7-3)37(41)45-8-4/h16-23,26-27H,5-15,24-25H2,1-4H3. The van der Waals surface area contributed by atoms with Crippen molar-refractivity contribution < 1.29 is 47.6 Å². The summed E-state index contributed by atoms with van der Waals surface area (Å²) in [6.45, 7) is 8.60. The Balaban J connectivity index is 1.62. The van der Waals surface area contributed by atoms with Crippen molar-refractivity contribution in [1.29, 1.82) is 0 Å². The Labute approximate surface area is 278 Å². The van der Waals surface area contributed by atoms with Crippen molar-refractivity contribution >= 4 is 36.0 Å². The van der Waals surface area contributed by atoms with Gasteiger partial charge in [-0.25, -0.2) is 19.2 Å². The molecule has 0 bridgehead atoms. The maximum atomic E-state index is 12.1. The second-order valence-electron chi connectivity index (χ2n) is 10.3. The van der Waals surface area contributed by atoms with Crippen LogP contribution in [0.25, 0.3) is 12.2 Å². The minimum absolute atomic E-state index is 0.143. The van der Waals surface area contributed by atoms with Gasteiger partial charge in [0.25, 0.3) is 0 Å². The van der Waals surface area contributed by atoms with Crippen LogP contribution in [0.2, 0.25) is 0 Å². The molecule has 0 fully saturated rings. The van der Waals surface area contributed by atoms with Gasteiger partial charge in [0.1, 0.15) is 22.6 Å². The number of carbonyl (C=O) groups excluding carboxylic acids is 4. The molecule has 0 spiro atoms. The Kier molecular flexibility index (Phi) is 18.7. The lowest BCUT2D eigenvalue weighted by Gasteiger charge is -2.09. The first-order valence-electron chi connectivity index (χ1n) is 16.4. The number of unbranched alkanes of at least 4 members (excludes halogenated alkanes) is 6. The Bertz CT molecular complexity index is 1170. The summed E-state index contributed by atoms with van der Waals surface area (Å²) >= 11 is 0. The van der Waals surface area contributed by atoms with Gasteiger partial charge in [-0.1, -0.05) is 56.4 Å². The van der Waals surface area contributed by atoms with Crippen LogP contribution < -0.4 is 9.47 Å². The second kappa shape index (κ2) is 22.8. The van der Waals surface area contributed by atoms with E-state index >= 15 is 0 Å². The molecule has 0 aliphatic heterocycles. The van der Waals surface area contributed by atoms with Crippen LogP contribution in [0.4, 0.5) is 0 Å². The van der Waals surface area contributed by atoms with Crippen LogP contribution in [0.15, 0.2) is 59.7 Å². The monoisotopic (exact) mass is 652 g/mol. The lowest BCUT2D eigenvalue weighted by Crippen LogP contribution is -2.18. The maximum absolute atomic E-state index is 12.1. The highest BCUT2D eigenvalue weighted by Gasteiger charge is 2.22. The van der Waals surface area contributed by atoms with E-state index in [1.165, 1.54) is 12.2 Å². The molecule has 0 aliphatic rings. The normalized spacial score (nSPS) is 10.3. The predicted molar refractivity (Wildman–Crippen MR) is 179 cm³/mol. The average Bonchev–Trinajstić information content (AvgIpc) is 3.06. The molecule has 0 heterocycles. The number of hydrogen-bond donors (Lipinski definition) is 0. The van der Waals surface area contributed by atoms with Crippen LogP contribution in [-0.4, -0.2) is 63.5 Å². The molecule has 0 amide bonds. The lowest BCUT2D eigenvalue weighted by molar-refractivity contribution is -0.148. The highest BCUT2D eigenvalue weighted by atomic mass is 16.6. The van der Waals surface area contributed by atoms with Gasteiger partial charge in [-0.2, -0.15) is 0 Å². The van der Waals surface area contributed by atoms with Crippen LogP contribution in [-0.2, 0) is 38.1 Å². The minimum atomic E-state index is -0.710. The lowest BCUT2D eigenvalue weighted by atomic mass is 10.1. The quantitative estimate of drug-likeness (QED) is 0.0332. The van der Waals surface area contributed by atoms with Crippen molar-refractivity contribution in [3.8, 4) is 11.5 Å². The Morgan fingerprint density at radius 1 is 0.447 bits per heavy atom. The Morgan fingerprint density at radius 3 is 1.00 bits per heavy atom. The van der Waals surface area contributed by atoms with E-state index in [4.69, 9.17) is 28.4 Å². The Hall–Kier alpha value is -4.60. The van der Waals surface area contributed by atoms with E-state index in [0.29, 0.717) is 24.3 Å². The largest absolute Gasteiger partial charge is 0.494 e. The van der Waals surface area contributed by atoms with Gasteiger partial charge in [0.15, 0.2) is 0 Å². The molecule has 0 atom stereocenters. The highest BCUT2D eigenvalue weighted by molar-refractivity contribution is 6.18. The van der Waals surface area contributed by atoms with Gasteiger partial charge in [0.05, 0.1) is 39.6 Å². The summed E-state index contributed by atoms with van der Waals surface area (Å²) in [5, 5.41) is 0. The van der Waals surface area contributed by atoms with Crippen molar-refractivity contribution in [2.24, 2.45) is 0 Å². The van der Waals surface area contributed by atoms with Crippen molar-refractivity contribution in [1.82, 2.24) is 0 Å². The summed E-state index contributed by atoms with van der Waals surface area (Å²) in [6, 6.07) is 14.3. The average molecular weight is 653 g/mol. The first-order chi connectivity index (χ1) is 22.8. The molecule has 0 unspecified atom stereocenters. The molecule has 0 saturated carbocycles. The first-order valence-corrected chi connectivity index (χ1v) is 16.4. The van der Waals surface area contributed by atoms with Gasteiger partial charge in [0, 0.05) is 0 Å². The van der Waals surface area contributed by atoms with Gasteiger partial charge in [-0.05, 0) is 88.1 Å². The highest BCUT2D eigenvalue weighted by Crippen LogP contribution is 2.19. The SMILES string of the molecule is CCOC(=O)C(=Cc1ccc(OCCCCCCCCCOc2ccc(C=C(C(=O)OCC)C(=O)OCC)cc2)cc1)C(=O)OCC. The van der Waals surface area contributed by atoms with Gasteiger partial charge in [-0.15, -0.1) is 0 Å². The molecule has 0 radical (unpaired) electrons. The fourth-order valence-corrected chi connectivity index (χ4v) is 4.36. The molecule has 2 aromatic rings. The van der Waals surface area contributed by atoms with E-state index in [2.05, 4.69) is 0 Å². The smallest absolute Gasteiger partial charge is 0.345 e. The van der Waals surface area contributed by atoms with E-state index in [1.807, 2.05) is 0 Å². The topological polar surface area (TPSA) is 124 Å². The van der Waals surface area contributed by atoms with E-state index in [1.54, 1.807) is 76.2 Å². The fourth-order valence-electron chi connectivity index (χ4n) is 4.36. The maximum Gasteiger partial charge on any atom is 0.345 e. The van der Waals surface area contributed by atoms with Gasteiger partial charge in [0.2, 0.25) is 0 Å². The van der Waals surface area contributed by atoms with Crippen LogP contribution in [0.3, 0.4) is 0 Å². The number of hydrogen-bond acceptors (Lipinski definition) is 10. The van der Waals surface area contributed by atoms with Gasteiger partial charge >= 0.3 is 23.9 Å². The second-order valence-corrected chi connectivity index (χ2v) is 10.3. The number of carbonyl (C=O) groups is 4. The molecule has 0 N–H and O–H groups in total. The molecular weight excluding hydrogens is 604 g/mol. The molecule has 0 saturated heterocycles. The molecule has 10 heteroatoms. The third-order valence-electron chi connectivity index (χ3n) is 6.69. The summed E-state index contributed by atoms with van der Waals surface area (Å²) in [7, 11) is 0. The van der Waals surface area contributed by atoms with Crippen LogP contribution in [0.5, 0.6) is 11.5 Å². The summed E-state index contributed by atoms with van der Waals surface area (Å²) in [6.07, 6.45) is 10.4. The number of benzene rings is 2. The molecule has 0 aliphatic carbocycles. The van der Waals surface area contributed by atoms with E-state index < -0.39 is 23.9 Å². The fraction of sp³-hybridized carbons (Fsp3) is 0.459. The van der Waals surface area contributed by atoms with Crippen molar-refractivity contribution in [2.45, 2.75) is 72.6 Å². The third kappa shape index (κ3) is 15.0. The number of rotatable bonds is 22. The van der Waals surface area contributed by atoms with E-state index in [9.17, 15) is 19.2 Å². The van der Waals surface area contributed by atoms with Crippen LogP contribution >= 0.6 is 0 Å². The molecule has 256 valence electrons. The summed E-state index contributed by atoms with van der Waals surface area (Å²) < 4.78 is 31.6. The molecule has 2 aromatic carbocycles. The zero-order valence-corrected chi connectivity index (χ0v) is 28.0. The molecule has 47 heavy (non-hydrogen) atoms. The Morgan fingerprint density at radius 2 is 0.723 bits per heavy atom. The molecular formula is C37H48O10. The van der Waals surface area contributed by atoms with Gasteiger partial charge < -0.3 is 28.4 Å². The van der Waals surface area contributed by atoms with Crippen molar-refractivity contribution in [2.75, 3.05) is 39.6 Å².